The number of ether oxygens (including phenoxy) is 3. The molecule has 0 rings (SSSR count). The van der Waals surface area contributed by atoms with Gasteiger partial charge in [-0.3, -0.25) is 14.4 Å². The Morgan fingerprint density at radius 3 is 0.932 bits per heavy atom. The fourth-order valence-electron chi connectivity index (χ4n) is 7.47. The van der Waals surface area contributed by atoms with Crippen molar-refractivity contribution in [3.8, 4) is 0 Å². The lowest BCUT2D eigenvalue weighted by Crippen LogP contribution is -2.30. The number of rotatable bonds is 51. The van der Waals surface area contributed by atoms with Gasteiger partial charge in [0.25, 0.3) is 0 Å². The number of hydrogen-bond acceptors (Lipinski definition) is 6. The highest BCUT2D eigenvalue weighted by Gasteiger charge is 2.19. The SMILES string of the molecule is CC/C=C\C/C=C\C/C=C\C/C=C\C/C=C\C/C=C\C/C=C\CCCC(=O)OCC(COC(=O)CCCC/C=C\C/C=C\C/C=C\C/C=C\CC)OC(=O)CCCCCCCCC/C=C\CCCCCCCC. The van der Waals surface area contributed by atoms with Gasteiger partial charge in [-0.2, -0.15) is 0 Å². The summed E-state index contributed by atoms with van der Waals surface area (Å²) < 4.78 is 16.8. The van der Waals surface area contributed by atoms with Gasteiger partial charge in [0.2, 0.25) is 0 Å². The number of hydrogen-bond donors (Lipinski definition) is 0. The van der Waals surface area contributed by atoms with E-state index in [0.717, 1.165) is 109 Å². The second-order valence-corrected chi connectivity index (χ2v) is 18.8. The molecule has 0 aliphatic carbocycles. The highest BCUT2D eigenvalue weighted by molar-refractivity contribution is 5.71. The van der Waals surface area contributed by atoms with Crippen LogP contribution in [0.3, 0.4) is 0 Å². The van der Waals surface area contributed by atoms with Crippen molar-refractivity contribution in [2.45, 2.75) is 245 Å². The van der Waals surface area contributed by atoms with E-state index < -0.39 is 6.10 Å². The van der Waals surface area contributed by atoms with Gasteiger partial charge >= 0.3 is 17.9 Å². The predicted molar refractivity (Wildman–Crippen MR) is 315 cm³/mol. The average molecular weight is 1010 g/mol. The van der Waals surface area contributed by atoms with E-state index in [4.69, 9.17) is 14.2 Å². The molecule has 0 aromatic carbocycles. The molecule has 6 heteroatoms. The lowest BCUT2D eigenvalue weighted by Gasteiger charge is -2.18. The van der Waals surface area contributed by atoms with Crippen LogP contribution in [-0.4, -0.2) is 37.2 Å². The molecule has 410 valence electrons. The number of carbonyl (C=O) groups excluding carboxylic acids is 3. The van der Waals surface area contributed by atoms with E-state index in [1.54, 1.807) is 0 Å². The van der Waals surface area contributed by atoms with E-state index in [1.165, 1.54) is 77.0 Å². The maximum Gasteiger partial charge on any atom is 0.306 e. The first-order valence-corrected chi connectivity index (χ1v) is 29.3. The Hall–Kier alpha value is -4.71. The van der Waals surface area contributed by atoms with Crippen LogP contribution in [0.15, 0.2) is 146 Å². The highest BCUT2D eigenvalue weighted by atomic mass is 16.6. The van der Waals surface area contributed by atoms with Gasteiger partial charge in [-0.1, -0.05) is 231 Å². The monoisotopic (exact) mass is 1010 g/mol. The third-order valence-electron chi connectivity index (χ3n) is 11.8. The predicted octanol–water partition coefficient (Wildman–Crippen LogP) is 20.0. The first kappa shape index (κ1) is 68.3. The summed E-state index contributed by atoms with van der Waals surface area (Å²) in [6.45, 7) is 6.31. The van der Waals surface area contributed by atoms with E-state index in [2.05, 4.69) is 167 Å². The zero-order valence-corrected chi connectivity index (χ0v) is 46.8. The first-order chi connectivity index (χ1) is 36.0. The van der Waals surface area contributed by atoms with Gasteiger partial charge in [0.1, 0.15) is 13.2 Å². The molecule has 0 spiro atoms. The molecule has 0 fully saturated rings. The number of esters is 3. The van der Waals surface area contributed by atoms with E-state index in [1.807, 2.05) is 0 Å². The Bertz CT molecular complexity index is 1630. The molecule has 0 aliphatic heterocycles. The molecular weight excluding hydrogens is 901 g/mol. The van der Waals surface area contributed by atoms with Gasteiger partial charge in [0.05, 0.1) is 0 Å². The number of carbonyl (C=O) groups is 3. The fraction of sp³-hybridized carbons (Fsp3) is 0.597. The molecule has 0 aliphatic rings. The van der Waals surface area contributed by atoms with E-state index in [9.17, 15) is 14.4 Å². The molecule has 6 nitrogen and oxygen atoms in total. The standard InChI is InChI=1S/C67H106O6/c1-4-7-10-13-16-19-22-25-28-30-31-32-33-34-35-37-39-42-45-48-51-54-57-60-66(69)72-63-64(62-71-65(68)59-56-53-50-47-44-41-38-27-24-21-18-15-12-9-6-3)73-67(70)61-58-55-52-49-46-43-40-36-29-26-23-20-17-14-11-8-5-2/h7,9-10,12,16,18-19,21,25-29,31-32,34-35,38-39,42,44,47-48,51,64H,4-6,8,11,13-15,17,20,22-24,30,33,36-37,40-41,43,45-46,49-50,52-63H2,1-3H3/b10-7-,12-9-,19-16-,21-18-,28-25-,29-26-,32-31-,35-34-,38-27-,42-39-,47-44-,51-48-. The minimum absolute atomic E-state index is 0.125. The Balaban J connectivity index is 4.56. The molecule has 0 aromatic rings. The molecule has 1 unspecified atom stereocenters. The van der Waals surface area contributed by atoms with Gasteiger partial charge in [0, 0.05) is 19.3 Å². The summed E-state index contributed by atoms with van der Waals surface area (Å²) in [4.78, 5) is 38.2. The molecule has 0 aromatic heterocycles. The summed E-state index contributed by atoms with van der Waals surface area (Å²) in [5, 5.41) is 0. The summed E-state index contributed by atoms with van der Waals surface area (Å²) >= 11 is 0. The Labute approximate surface area is 448 Å². The van der Waals surface area contributed by atoms with Crippen LogP contribution < -0.4 is 0 Å². The number of unbranched alkanes of at least 4 members (excludes halogenated alkanes) is 16. The largest absolute Gasteiger partial charge is 0.462 e. The quantitative estimate of drug-likeness (QED) is 0.0261. The second kappa shape index (κ2) is 59.8. The van der Waals surface area contributed by atoms with Crippen molar-refractivity contribution in [1.82, 2.24) is 0 Å². The van der Waals surface area contributed by atoms with Crippen LogP contribution in [0, 0.1) is 0 Å². The van der Waals surface area contributed by atoms with Crippen LogP contribution in [0.1, 0.15) is 239 Å². The Morgan fingerprint density at radius 2 is 0.548 bits per heavy atom. The van der Waals surface area contributed by atoms with Crippen molar-refractivity contribution in [2.24, 2.45) is 0 Å². The molecule has 0 bridgehead atoms. The molecular formula is C67H106O6. The molecule has 0 radical (unpaired) electrons. The zero-order valence-electron chi connectivity index (χ0n) is 46.8. The summed E-state index contributed by atoms with van der Waals surface area (Å²) in [5.41, 5.74) is 0. The van der Waals surface area contributed by atoms with Crippen LogP contribution in [0.25, 0.3) is 0 Å². The molecule has 0 N–H and O–H groups in total. The maximum atomic E-state index is 12.9. The van der Waals surface area contributed by atoms with Gasteiger partial charge < -0.3 is 14.2 Å². The molecule has 73 heavy (non-hydrogen) atoms. The maximum absolute atomic E-state index is 12.9. The van der Waals surface area contributed by atoms with Crippen LogP contribution in [0.2, 0.25) is 0 Å². The van der Waals surface area contributed by atoms with Gasteiger partial charge in [-0.15, -0.1) is 0 Å². The van der Waals surface area contributed by atoms with E-state index in [-0.39, 0.29) is 44.0 Å². The van der Waals surface area contributed by atoms with Crippen LogP contribution in [-0.2, 0) is 28.6 Å². The molecule has 0 saturated carbocycles. The van der Waals surface area contributed by atoms with Crippen molar-refractivity contribution in [3.05, 3.63) is 146 Å². The summed E-state index contributed by atoms with van der Waals surface area (Å²) in [6.07, 6.45) is 85.6. The highest BCUT2D eigenvalue weighted by Crippen LogP contribution is 2.13. The van der Waals surface area contributed by atoms with Crippen molar-refractivity contribution in [3.63, 3.8) is 0 Å². The fourth-order valence-corrected chi connectivity index (χ4v) is 7.47. The lowest BCUT2D eigenvalue weighted by atomic mass is 10.1. The topological polar surface area (TPSA) is 78.9 Å². The summed E-state index contributed by atoms with van der Waals surface area (Å²) in [6, 6.07) is 0. The van der Waals surface area contributed by atoms with Crippen molar-refractivity contribution >= 4 is 17.9 Å². The lowest BCUT2D eigenvalue weighted by molar-refractivity contribution is -0.167. The summed E-state index contributed by atoms with van der Waals surface area (Å²) in [7, 11) is 0. The third kappa shape index (κ3) is 58.1. The van der Waals surface area contributed by atoms with Crippen LogP contribution >= 0.6 is 0 Å². The Morgan fingerprint density at radius 1 is 0.288 bits per heavy atom. The molecule has 0 amide bonds. The molecule has 0 saturated heterocycles. The Kier molecular flexibility index (Phi) is 56.0. The smallest absolute Gasteiger partial charge is 0.306 e. The van der Waals surface area contributed by atoms with E-state index >= 15 is 0 Å². The van der Waals surface area contributed by atoms with Crippen LogP contribution in [0.4, 0.5) is 0 Å². The average Bonchev–Trinajstić information content (AvgIpc) is 3.39. The van der Waals surface area contributed by atoms with Gasteiger partial charge in [0.15, 0.2) is 6.10 Å². The van der Waals surface area contributed by atoms with Crippen molar-refractivity contribution < 1.29 is 28.6 Å². The zero-order chi connectivity index (χ0) is 52.9. The summed E-state index contributed by atoms with van der Waals surface area (Å²) in [5.74, 6) is -1.03. The minimum Gasteiger partial charge on any atom is -0.462 e. The van der Waals surface area contributed by atoms with E-state index in [0.29, 0.717) is 19.3 Å². The second-order valence-electron chi connectivity index (χ2n) is 18.8. The first-order valence-electron chi connectivity index (χ1n) is 29.3. The molecule has 1 atom stereocenters. The number of allylic oxidation sites excluding steroid dienone is 24. The van der Waals surface area contributed by atoms with Crippen molar-refractivity contribution in [1.29, 1.82) is 0 Å². The normalized spacial score (nSPS) is 13.2. The van der Waals surface area contributed by atoms with Crippen LogP contribution in [0.5, 0.6) is 0 Å². The molecule has 0 heterocycles. The third-order valence-corrected chi connectivity index (χ3v) is 11.8. The van der Waals surface area contributed by atoms with Crippen molar-refractivity contribution in [2.75, 3.05) is 13.2 Å². The minimum atomic E-state index is -0.828. The van der Waals surface area contributed by atoms with Gasteiger partial charge in [-0.05, 0) is 135 Å². The van der Waals surface area contributed by atoms with Gasteiger partial charge in [-0.25, -0.2) is 0 Å².